The Labute approximate surface area is 123 Å². The van der Waals surface area contributed by atoms with Crippen LogP contribution in [0.3, 0.4) is 0 Å². The molecular weight excluding hydrogens is 272 g/mol. The Morgan fingerprint density at radius 2 is 1.90 bits per heavy atom. The number of carbonyl (C=O) groups excluding carboxylic acids is 2. The highest BCUT2D eigenvalue weighted by Crippen LogP contribution is 2.06. The first-order chi connectivity index (χ1) is 9.99. The number of rotatable bonds is 3. The third-order valence-electron chi connectivity index (χ3n) is 3.57. The number of hydrogen-bond donors (Lipinski definition) is 1. The lowest BCUT2D eigenvalue weighted by molar-refractivity contribution is -0.130. The van der Waals surface area contributed by atoms with E-state index >= 15 is 0 Å². The largest absolute Gasteiger partial charge is 0.367 e. The van der Waals surface area contributed by atoms with E-state index in [1.54, 1.807) is 23.9 Å². The molecule has 0 aliphatic carbocycles. The van der Waals surface area contributed by atoms with Crippen LogP contribution in [0.25, 0.3) is 0 Å². The molecule has 0 saturated carbocycles. The molecule has 2 rings (SSSR count). The van der Waals surface area contributed by atoms with Gasteiger partial charge in [0.1, 0.15) is 5.56 Å². The fourth-order valence-electron chi connectivity index (χ4n) is 2.20. The normalized spacial score (nSPS) is 15.8. The van der Waals surface area contributed by atoms with Crippen molar-refractivity contribution in [3.05, 3.63) is 34.2 Å². The van der Waals surface area contributed by atoms with Crippen LogP contribution in [-0.2, 0) is 4.79 Å². The van der Waals surface area contributed by atoms with Crippen LogP contribution >= 0.6 is 0 Å². The molecule has 0 aromatic carbocycles. The molecule has 1 saturated heterocycles. The van der Waals surface area contributed by atoms with E-state index in [1.807, 2.05) is 4.90 Å². The SMILES string of the molecule is CN(C)C(=O)CN1CCN(C(=O)c2c[nH]ccc2=O)CC1. The molecule has 0 radical (unpaired) electrons. The molecule has 1 fully saturated rings. The first-order valence-corrected chi connectivity index (χ1v) is 6.88. The molecule has 0 atom stereocenters. The highest BCUT2D eigenvalue weighted by atomic mass is 16.2. The summed E-state index contributed by atoms with van der Waals surface area (Å²) >= 11 is 0. The number of likely N-dealkylation sites (N-methyl/N-ethyl adjacent to an activating group) is 1. The van der Waals surface area contributed by atoms with Gasteiger partial charge in [0, 0.05) is 58.7 Å². The standard InChI is InChI=1S/C14H20N4O3/c1-16(2)13(20)10-17-5-7-18(8-6-17)14(21)11-9-15-4-3-12(11)19/h3-4,9H,5-8,10H2,1-2H3,(H,15,19). The van der Waals surface area contributed by atoms with E-state index in [0.717, 1.165) is 0 Å². The molecule has 1 aromatic heterocycles. The van der Waals surface area contributed by atoms with E-state index in [-0.39, 0.29) is 22.8 Å². The zero-order valence-electron chi connectivity index (χ0n) is 12.3. The number of aromatic nitrogens is 1. The summed E-state index contributed by atoms with van der Waals surface area (Å²) in [5.74, 6) is -0.204. The van der Waals surface area contributed by atoms with E-state index in [2.05, 4.69) is 4.98 Å². The third kappa shape index (κ3) is 3.69. The van der Waals surface area contributed by atoms with Crippen molar-refractivity contribution in [2.75, 3.05) is 46.8 Å². The average molecular weight is 292 g/mol. The van der Waals surface area contributed by atoms with Crippen LogP contribution in [0, 0.1) is 0 Å². The van der Waals surface area contributed by atoms with Crippen LogP contribution in [0.2, 0.25) is 0 Å². The van der Waals surface area contributed by atoms with E-state index in [1.165, 1.54) is 18.5 Å². The highest BCUT2D eigenvalue weighted by molar-refractivity contribution is 5.93. The molecule has 0 bridgehead atoms. The van der Waals surface area contributed by atoms with E-state index in [4.69, 9.17) is 0 Å². The number of nitrogens with zero attached hydrogens (tertiary/aromatic N) is 3. The average Bonchev–Trinajstić information content (AvgIpc) is 2.47. The Kier molecular flexibility index (Phi) is 4.74. The van der Waals surface area contributed by atoms with Gasteiger partial charge in [-0.25, -0.2) is 0 Å². The van der Waals surface area contributed by atoms with Crippen molar-refractivity contribution in [3.8, 4) is 0 Å². The lowest BCUT2D eigenvalue weighted by atomic mass is 10.2. The number of pyridine rings is 1. The maximum absolute atomic E-state index is 12.3. The quantitative estimate of drug-likeness (QED) is 0.793. The van der Waals surface area contributed by atoms with Gasteiger partial charge in [0.15, 0.2) is 5.43 Å². The second kappa shape index (κ2) is 6.53. The summed E-state index contributed by atoms with van der Waals surface area (Å²) in [4.78, 5) is 43.6. The number of hydrogen-bond acceptors (Lipinski definition) is 4. The minimum absolute atomic E-state index is 0.0503. The van der Waals surface area contributed by atoms with Crippen LogP contribution in [-0.4, -0.2) is 78.3 Å². The zero-order valence-corrected chi connectivity index (χ0v) is 12.3. The van der Waals surface area contributed by atoms with E-state index < -0.39 is 0 Å². The van der Waals surface area contributed by atoms with Crippen LogP contribution in [0.1, 0.15) is 10.4 Å². The number of aromatic amines is 1. The highest BCUT2D eigenvalue weighted by Gasteiger charge is 2.24. The van der Waals surface area contributed by atoms with Crippen molar-refractivity contribution >= 4 is 11.8 Å². The number of amides is 2. The third-order valence-corrected chi connectivity index (χ3v) is 3.57. The fourth-order valence-corrected chi connectivity index (χ4v) is 2.20. The van der Waals surface area contributed by atoms with Gasteiger partial charge in [0.2, 0.25) is 5.91 Å². The topological polar surface area (TPSA) is 76.7 Å². The Morgan fingerprint density at radius 3 is 2.48 bits per heavy atom. The number of nitrogens with one attached hydrogen (secondary N) is 1. The van der Waals surface area contributed by atoms with E-state index in [0.29, 0.717) is 32.7 Å². The lowest BCUT2D eigenvalue weighted by Crippen LogP contribution is -2.51. The molecule has 7 heteroatoms. The molecule has 2 amide bonds. The molecule has 1 aliphatic heterocycles. The Morgan fingerprint density at radius 1 is 1.24 bits per heavy atom. The van der Waals surface area contributed by atoms with Crippen LogP contribution in [0.15, 0.2) is 23.3 Å². The van der Waals surface area contributed by atoms with Gasteiger partial charge in [-0.3, -0.25) is 19.3 Å². The summed E-state index contributed by atoms with van der Waals surface area (Å²) in [6.07, 6.45) is 2.94. The van der Waals surface area contributed by atoms with Crippen molar-refractivity contribution in [2.24, 2.45) is 0 Å². The molecule has 1 aliphatic rings. The summed E-state index contributed by atoms with van der Waals surface area (Å²) < 4.78 is 0. The molecule has 1 N–H and O–H groups in total. The Balaban J connectivity index is 1.92. The Hall–Kier alpha value is -2.15. The number of carbonyl (C=O) groups is 2. The lowest BCUT2D eigenvalue weighted by Gasteiger charge is -2.34. The molecule has 114 valence electrons. The molecule has 7 nitrogen and oxygen atoms in total. The van der Waals surface area contributed by atoms with Gasteiger partial charge in [0.05, 0.1) is 6.54 Å². The van der Waals surface area contributed by atoms with Crippen LogP contribution in [0.4, 0.5) is 0 Å². The summed E-state index contributed by atoms with van der Waals surface area (Å²) in [7, 11) is 3.45. The second-order valence-electron chi connectivity index (χ2n) is 5.28. The van der Waals surface area contributed by atoms with Crippen molar-refractivity contribution in [3.63, 3.8) is 0 Å². The molecule has 21 heavy (non-hydrogen) atoms. The predicted octanol–water partition coefficient (Wildman–Crippen LogP) is -0.779. The first-order valence-electron chi connectivity index (χ1n) is 6.88. The monoisotopic (exact) mass is 292 g/mol. The van der Waals surface area contributed by atoms with Crippen LogP contribution < -0.4 is 5.43 Å². The van der Waals surface area contributed by atoms with Crippen molar-refractivity contribution in [1.82, 2.24) is 19.7 Å². The van der Waals surface area contributed by atoms with Gasteiger partial charge in [-0.2, -0.15) is 0 Å². The van der Waals surface area contributed by atoms with Gasteiger partial charge in [-0.15, -0.1) is 0 Å². The van der Waals surface area contributed by atoms with Crippen molar-refractivity contribution < 1.29 is 9.59 Å². The maximum atomic E-state index is 12.3. The zero-order chi connectivity index (χ0) is 15.4. The summed E-state index contributed by atoms with van der Waals surface area (Å²) in [5, 5.41) is 0. The molecule has 0 unspecified atom stereocenters. The minimum atomic E-state index is -0.274. The van der Waals surface area contributed by atoms with Crippen LogP contribution in [0.5, 0.6) is 0 Å². The molecule has 2 heterocycles. The second-order valence-corrected chi connectivity index (χ2v) is 5.28. The van der Waals surface area contributed by atoms with Gasteiger partial charge in [0.25, 0.3) is 5.91 Å². The number of H-pyrrole nitrogens is 1. The molecule has 0 spiro atoms. The van der Waals surface area contributed by atoms with Gasteiger partial charge >= 0.3 is 0 Å². The predicted molar refractivity (Wildman–Crippen MR) is 78.1 cm³/mol. The summed E-state index contributed by atoms with van der Waals surface area (Å²) in [6.45, 7) is 2.68. The minimum Gasteiger partial charge on any atom is -0.367 e. The fraction of sp³-hybridized carbons (Fsp3) is 0.500. The summed E-state index contributed by atoms with van der Waals surface area (Å²) in [5.41, 5.74) is -0.112. The van der Waals surface area contributed by atoms with Crippen molar-refractivity contribution in [2.45, 2.75) is 0 Å². The smallest absolute Gasteiger partial charge is 0.259 e. The molecule has 1 aromatic rings. The molecular formula is C14H20N4O3. The summed E-state index contributed by atoms with van der Waals surface area (Å²) in [6, 6.07) is 1.35. The number of piperazine rings is 1. The van der Waals surface area contributed by atoms with Gasteiger partial charge in [-0.1, -0.05) is 0 Å². The van der Waals surface area contributed by atoms with Crippen molar-refractivity contribution in [1.29, 1.82) is 0 Å². The van der Waals surface area contributed by atoms with Gasteiger partial charge in [-0.05, 0) is 0 Å². The van der Waals surface area contributed by atoms with Gasteiger partial charge < -0.3 is 14.8 Å². The van der Waals surface area contributed by atoms with E-state index in [9.17, 15) is 14.4 Å². The first kappa shape index (κ1) is 15.2. The maximum Gasteiger partial charge on any atom is 0.259 e. The Bertz CT molecular complexity index is 574.